The molecule has 1 amide bonds. The van der Waals surface area contributed by atoms with Crippen LogP contribution >= 0.6 is 0 Å². The number of rotatable bonds is 5. The summed E-state index contributed by atoms with van der Waals surface area (Å²) in [6.07, 6.45) is 5.45. The number of carbonyl (C=O) groups is 1. The van der Waals surface area contributed by atoms with Crippen molar-refractivity contribution in [3.8, 4) is 0 Å². The van der Waals surface area contributed by atoms with Crippen molar-refractivity contribution in [3.05, 3.63) is 18.2 Å². The van der Waals surface area contributed by atoms with Crippen molar-refractivity contribution in [1.82, 2.24) is 14.9 Å². The molecule has 4 heterocycles. The first-order chi connectivity index (χ1) is 12.2. The van der Waals surface area contributed by atoms with E-state index in [9.17, 15) is 9.18 Å². The van der Waals surface area contributed by atoms with E-state index < -0.39 is 5.82 Å². The molecular formula is C17H23FN4O3. The zero-order chi connectivity index (χ0) is 17.3. The highest BCUT2D eigenvalue weighted by Crippen LogP contribution is 2.41. The summed E-state index contributed by atoms with van der Waals surface area (Å²) in [5, 5.41) is 0. The standard InChI is InChI=1S/C17H23FN4O3/c18-14-7-19-16(20-8-14)22-11-17(12-22)13(3-6-25-17)9-24-10-15(23)21-4-1-2-5-21/h7-8,13H,1-6,9-12H2. The fourth-order valence-corrected chi connectivity index (χ4v) is 3.93. The van der Waals surface area contributed by atoms with E-state index in [1.807, 2.05) is 9.80 Å². The van der Waals surface area contributed by atoms with Crippen LogP contribution in [0.4, 0.5) is 10.3 Å². The maximum atomic E-state index is 12.9. The molecule has 3 saturated heterocycles. The van der Waals surface area contributed by atoms with Crippen LogP contribution in [0.3, 0.4) is 0 Å². The zero-order valence-corrected chi connectivity index (χ0v) is 14.2. The minimum Gasteiger partial charge on any atom is -0.371 e. The van der Waals surface area contributed by atoms with E-state index >= 15 is 0 Å². The van der Waals surface area contributed by atoms with E-state index in [0.29, 0.717) is 32.3 Å². The molecule has 0 radical (unpaired) electrons. The number of likely N-dealkylation sites (tertiary alicyclic amines) is 1. The number of carbonyl (C=O) groups excluding carboxylic acids is 1. The van der Waals surface area contributed by atoms with Gasteiger partial charge in [-0.1, -0.05) is 0 Å². The lowest BCUT2D eigenvalue weighted by Crippen LogP contribution is -2.66. The van der Waals surface area contributed by atoms with Crippen LogP contribution in [-0.4, -0.2) is 72.4 Å². The molecule has 1 unspecified atom stereocenters. The van der Waals surface area contributed by atoms with Crippen LogP contribution < -0.4 is 4.90 Å². The number of nitrogens with zero attached hydrogens (tertiary/aromatic N) is 4. The lowest BCUT2D eigenvalue weighted by molar-refractivity contribution is -0.136. The monoisotopic (exact) mass is 350 g/mol. The van der Waals surface area contributed by atoms with Gasteiger partial charge in [-0.05, 0) is 19.3 Å². The van der Waals surface area contributed by atoms with Gasteiger partial charge in [-0.2, -0.15) is 0 Å². The van der Waals surface area contributed by atoms with E-state index in [1.165, 1.54) is 12.4 Å². The van der Waals surface area contributed by atoms with Crippen LogP contribution in [-0.2, 0) is 14.3 Å². The molecule has 0 saturated carbocycles. The summed E-state index contributed by atoms with van der Waals surface area (Å²) >= 11 is 0. The van der Waals surface area contributed by atoms with E-state index in [2.05, 4.69) is 9.97 Å². The predicted octanol–water partition coefficient (Wildman–Crippen LogP) is 0.850. The third kappa shape index (κ3) is 3.32. The van der Waals surface area contributed by atoms with Gasteiger partial charge in [-0.15, -0.1) is 0 Å². The summed E-state index contributed by atoms with van der Waals surface area (Å²) in [6.45, 7) is 4.43. The van der Waals surface area contributed by atoms with Gasteiger partial charge in [0.05, 0.1) is 32.1 Å². The average molecular weight is 350 g/mol. The minimum atomic E-state index is -0.440. The average Bonchev–Trinajstić information content (AvgIpc) is 3.24. The van der Waals surface area contributed by atoms with Gasteiger partial charge in [0.15, 0.2) is 5.82 Å². The van der Waals surface area contributed by atoms with E-state index in [4.69, 9.17) is 9.47 Å². The molecule has 25 heavy (non-hydrogen) atoms. The SMILES string of the molecule is O=C(COCC1CCOC12CN(c1ncc(F)cn1)C2)N1CCCC1. The van der Waals surface area contributed by atoms with Crippen molar-refractivity contribution in [3.63, 3.8) is 0 Å². The molecular weight excluding hydrogens is 327 g/mol. The Bertz CT molecular complexity index is 615. The summed E-state index contributed by atoms with van der Waals surface area (Å²) in [5.74, 6) is 0.424. The summed E-state index contributed by atoms with van der Waals surface area (Å²) in [7, 11) is 0. The van der Waals surface area contributed by atoms with Crippen LogP contribution in [0.1, 0.15) is 19.3 Å². The number of anilines is 1. The van der Waals surface area contributed by atoms with Gasteiger partial charge >= 0.3 is 0 Å². The number of hydrogen-bond donors (Lipinski definition) is 0. The van der Waals surface area contributed by atoms with Crippen molar-refractivity contribution in [2.75, 3.05) is 50.9 Å². The first-order valence-corrected chi connectivity index (χ1v) is 8.88. The number of hydrogen-bond acceptors (Lipinski definition) is 6. The van der Waals surface area contributed by atoms with Gasteiger partial charge in [0.1, 0.15) is 12.2 Å². The minimum absolute atomic E-state index is 0.0837. The van der Waals surface area contributed by atoms with Crippen molar-refractivity contribution in [2.24, 2.45) is 5.92 Å². The van der Waals surface area contributed by atoms with E-state index in [0.717, 1.165) is 32.4 Å². The Morgan fingerprint density at radius 1 is 1.32 bits per heavy atom. The van der Waals surface area contributed by atoms with Crippen LogP contribution in [0, 0.1) is 11.7 Å². The molecule has 136 valence electrons. The Hall–Kier alpha value is -1.80. The molecule has 1 atom stereocenters. The zero-order valence-electron chi connectivity index (χ0n) is 14.2. The van der Waals surface area contributed by atoms with Crippen molar-refractivity contribution in [2.45, 2.75) is 24.9 Å². The van der Waals surface area contributed by atoms with Gasteiger partial charge in [-0.3, -0.25) is 4.79 Å². The molecule has 1 aromatic heterocycles. The van der Waals surface area contributed by atoms with Crippen molar-refractivity contribution >= 4 is 11.9 Å². The van der Waals surface area contributed by atoms with Gasteiger partial charge in [0, 0.05) is 25.6 Å². The molecule has 7 nitrogen and oxygen atoms in total. The quantitative estimate of drug-likeness (QED) is 0.784. The second-order valence-electron chi connectivity index (χ2n) is 7.06. The van der Waals surface area contributed by atoms with E-state index in [-0.39, 0.29) is 24.0 Å². The molecule has 4 rings (SSSR count). The first-order valence-electron chi connectivity index (χ1n) is 8.88. The molecule has 1 spiro atoms. The summed E-state index contributed by atoms with van der Waals surface area (Å²) in [6, 6.07) is 0. The van der Waals surface area contributed by atoms with E-state index in [1.54, 1.807) is 0 Å². The second kappa shape index (κ2) is 6.84. The number of aromatic nitrogens is 2. The molecule has 0 aliphatic carbocycles. The summed E-state index contributed by atoms with van der Waals surface area (Å²) in [5.41, 5.74) is -0.256. The molecule has 0 N–H and O–H groups in total. The number of amides is 1. The largest absolute Gasteiger partial charge is 0.371 e. The fourth-order valence-electron chi connectivity index (χ4n) is 3.93. The maximum Gasteiger partial charge on any atom is 0.248 e. The van der Waals surface area contributed by atoms with Gasteiger partial charge < -0.3 is 19.3 Å². The van der Waals surface area contributed by atoms with Crippen LogP contribution in [0.25, 0.3) is 0 Å². The number of ether oxygens (including phenoxy) is 2. The Morgan fingerprint density at radius 3 is 2.76 bits per heavy atom. The number of halogens is 1. The van der Waals surface area contributed by atoms with Crippen molar-refractivity contribution in [1.29, 1.82) is 0 Å². The fraction of sp³-hybridized carbons (Fsp3) is 0.706. The third-order valence-electron chi connectivity index (χ3n) is 5.41. The Balaban J connectivity index is 1.27. The van der Waals surface area contributed by atoms with Crippen LogP contribution in [0.5, 0.6) is 0 Å². The summed E-state index contributed by atoms with van der Waals surface area (Å²) in [4.78, 5) is 23.9. The van der Waals surface area contributed by atoms with Gasteiger partial charge in [0.2, 0.25) is 11.9 Å². The second-order valence-corrected chi connectivity index (χ2v) is 7.06. The summed E-state index contributed by atoms with van der Waals surface area (Å²) < 4.78 is 24.6. The van der Waals surface area contributed by atoms with Gasteiger partial charge in [0.25, 0.3) is 0 Å². The molecule has 1 aromatic rings. The predicted molar refractivity (Wildman–Crippen MR) is 87.6 cm³/mol. The molecule has 0 aromatic carbocycles. The lowest BCUT2D eigenvalue weighted by atomic mass is 9.81. The molecule has 3 aliphatic heterocycles. The maximum absolute atomic E-state index is 12.9. The highest BCUT2D eigenvalue weighted by molar-refractivity contribution is 5.77. The topological polar surface area (TPSA) is 67.8 Å². The Kier molecular flexibility index (Phi) is 4.56. The normalized spacial score (nSPS) is 24.8. The molecule has 8 heteroatoms. The Morgan fingerprint density at radius 2 is 2.04 bits per heavy atom. The molecule has 3 fully saturated rings. The lowest BCUT2D eigenvalue weighted by Gasteiger charge is -2.50. The highest BCUT2D eigenvalue weighted by atomic mass is 19.1. The molecule has 0 bridgehead atoms. The highest BCUT2D eigenvalue weighted by Gasteiger charge is 2.53. The molecule has 3 aliphatic rings. The van der Waals surface area contributed by atoms with Crippen LogP contribution in [0.15, 0.2) is 12.4 Å². The first kappa shape index (κ1) is 16.7. The Labute approximate surface area is 146 Å². The van der Waals surface area contributed by atoms with Gasteiger partial charge in [-0.25, -0.2) is 14.4 Å². The third-order valence-corrected chi connectivity index (χ3v) is 5.41. The smallest absolute Gasteiger partial charge is 0.248 e. The van der Waals surface area contributed by atoms with Crippen LogP contribution in [0.2, 0.25) is 0 Å². The van der Waals surface area contributed by atoms with Crippen molar-refractivity contribution < 1.29 is 18.7 Å².